The van der Waals surface area contributed by atoms with E-state index >= 15 is 0 Å². The molecule has 2 amide bonds. The maximum atomic E-state index is 13.1. The molecule has 1 aliphatic heterocycles. The van der Waals surface area contributed by atoms with Gasteiger partial charge in [0.05, 0.1) is 5.92 Å². The first-order chi connectivity index (χ1) is 14.5. The maximum absolute atomic E-state index is 13.1. The van der Waals surface area contributed by atoms with Crippen molar-refractivity contribution in [2.24, 2.45) is 5.92 Å². The van der Waals surface area contributed by atoms with Crippen LogP contribution in [0.5, 0.6) is 0 Å². The van der Waals surface area contributed by atoms with Gasteiger partial charge in [-0.2, -0.15) is 0 Å². The molecule has 3 heterocycles. The summed E-state index contributed by atoms with van der Waals surface area (Å²) >= 11 is 1.34. The Bertz CT molecular complexity index is 1050. The van der Waals surface area contributed by atoms with Gasteiger partial charge in [-0.15, -0.1) is 11.3 Å². The largest absolute Gasteiger partial charge is 0.336 e. The van der Waals surface area contributed by atoms with E-state index in [0.717, 1.165) is 24.0 Å². The van der Waals surface area contributed by atoms with Gasteiger partial charge in [-0.1, -0.05) is 6.07 Å². The van der Waals surface area contributed by atoms with E-state index in [2.05, 4.69) is 15.3 Å². The highest BCUT2D eigenvalue weighted by Gasteiger charge is 2.30. The lowest BCUT2D eigenvalue weighted by Crippen LogP contribution is -2.44. The highest BCUT2D eigenvalue weighted by Crippen LogP contribution is 2.26. The van der Waals surface area contributed by atoms with Crippen molar-refractivity contribution in [2.45, 2.75) is 19.8 Å². The number of nitrogens with zero attached hydrogens (tertiary/aromatic N) is 3. The van der Waals surface area contributed by atoms with E-state index in [9.17, 15) is 14.0 Å². The number of hydrogen-bond donors (Lipinski definition) is 1. The van der Waals surface area contributed by atoms with E-state index in [-0.39, 0.29) is 23.5 Å². The van der Waals surface area contributed by atoms with E-state index < -0.39 is 0 Å². The van der Waals surface area contributed by atoms with Gasteiger partial charge in [0.15, 0.2) is 0 Å². The average Bonchev–Trinajstić information content (AvgIpc) is 3.25. The number of aryl methyl sites for hydroxylation is 1. The van der Waals surface area contributed by atoms with Crippen molar-refractivity contribution in [1.29, 1.82) is 0 Å². The number of thiazole rings is 1. The zero-order chi connectivity index (χ0) is 21.1. The number of halogens is 1. The second-order valence-corrected chi connectivity index (χ2v) is 8.20. The predicted octanol–water partition coefficient (Wildman–Crippen LogP) is 4.14. The van der Waals surface area contributed by atoms with Crippen molar-refractivity contribution in [1.82, 2.24) is 14.9 Å². The summed E-state index contributed by atoms with van der Waals surface area (Å²) in [5, 5.41) is 5.21. The van der Waals surface area contributed by atoms with Crippen LogP contribution in [-0.4, -0.2) is 39.8 Å². The molecule has 1 N–H and O–H groups in total. The Balaban J connectivity index is 1.41. The third-order valence-electron chi connectivity index (χ3n) is 5.06. The molecular formula is C22H21FN4O2S. The van der Waals surface area contributed by atoms with Gasteiger partial charge in [0, 0.05) is 30.2 Å². The Hall–Kier alpha value is -3.13. The predicted molar refractivity (Wildman–Crippen MR) is 114 cm³/mol. The van der Waals surface area contributed by atoms with Crippen LogP contribution >= 0.6 is 11.3 Å². The van der Waals surface area contributed by atoms with E-state index in [4.69, 9.17) is 0 Å². The Morgan fingerprint density at radius 2 is 2.00 bits per heavy atom. The fraction of sp³-hybridized carbons (Fsp3) is 0.273. The minimum atomic E-state index is -0.315. The molecule has 0 spiro atoms. The second-order valence-electron chi connectivity index (χ2n) is 7.35. The van der Waals surface area contributed by atoms with Crippen molar-refractivity contribution in [3.8, 4) is 10.6 Å². The molecule has 1 atom stereocenters. The zero-order valence-electron chi connectivity index (χ0n) is 16.5. The molecule has 0 bridgehead atoms. The van der Waals surface area contributed by atoms with Gasteiger partial charge in [-0.25, -0.2) is 14.4 Å². The number of likely N-dealkylation sites (tertiary alicyclic amines) is 1. The van der Waals surface area contributed by atoms with Gasteiger partial charge in [0.25, 0.3) is 5.91 Å². The van der Waals surface area contributed by atoms with E-state index in [1.54, 1.807) is 34.7 Å². The minimum Gasteiger partial charge on any atom is -0.336 e. The van der Waals surface area contributed by atoms with Crippen LogP contribution in [0.15, 0.2) is 48.0 Å². The van der Waals surface area contributed by atoms with Crippen LogP contribution in [0.2, 0.25) is 0 Å². The van der Waals surface area contributed by atoms with Crippen molar-refractivity contribution in [2.75, 3.05) is 18.4 Å². The summed E-state index contributed by atoms with van der Waals surface area (Å²) < 4.78 is 13.1. The smallest absolute Gasteiger partial charge is 0.273 e. The standard InChI is InChI=1S/C22H21FN4O2S/c1-14-4-9-19(24-11-14)26-20(28)16-3-2-10-27(12-16)22(29)18-13-30-21(25-18)15-5-7-17(23)8-6-15/h4-9,11,13,16H,2-3,10,12H2,1H3,(H,24,26,28). The van der Waals surface area contributed by atoms with Gasteiger partial charge < -0.3 is 10.2 Å². The van der Waals surface area contributed by atoms with E-state index in [1.807, 2.05) is 13.0 Å². The molecule has 30 heavy (non-hydrogen) atoms. The average molecular weight is 425 g/mol. The van der Waals surface area contributed by atoms with E-state index in [0.29, 0.717) is 29.6 Å². The molecule has 2 aromatic heterocycles. The molecule has 154 valence electrons. The summed E-state index contributed by atoms with van der Waals surface area (Å²) in [7, 11) is 0. The fourth-order valence-corrected chi connectivity index (χ4v) is 4.20. The van der Waals surface area contributed by atoms with Gasteiger partial charge in [-0.3, -0.25) is 9.59 Å². The molecule has 1 fully saturated rings. The lowest BCUT2D eigenvalue weighted by Gasteiger charge is -2.31. The minimum absolute atomic E-state index is 0.130. The van der Waals surface area contributed by atoms with Crippen LogP contribution in [0, 0.1) is 18.7 Å². The molecule has 0 saturated carbocycles. The molecule has 4 rings (SSSR count). The van der Waals surface area contributed by atoms with Crippen LogP contribution < -0.4 is 5.32 Å². The van der Waals surface area contributed by atoms with Crippen LogP contribution in [-0.2, 0) is 4.79 Å². The summed E-state index contributed by atoms with van der Waals surface area (Å²) in [4.78, 5) is 35.9. The first-order valence-electron chi connectivity index (χ1n) is 9.74. The van der Waals surface area contributed by atoms with Crippen molar-refractivity contribution >= 4 is 29.0 Å². The van der Waals surface area contributed by atoms with Crippen LogP contribution in [0.25, 0.3) is 10.6 Å². The molecule has 8 heteroatoms. The summed E-state index contributed by atoms with van der Waals surface area (Å²) in [6.07, 6.45) is 3.17. The van der Waals surface area contributed by atoms with Crippen molar-refractivity contribution < 1.29 is 14.0 Å². The topological polar surface area (TPSA) is 75.2 Å². The van der Waals surface area contributed by atoms with Gasteiger partial charge >= 0.3 is 0 Å². The van der Waals surface area contributed by atoms with Crippen LogP contribution in [0.3, 0.4) is 0 Å². The van der Waals surface area contributed by atoms with E-state index in [1.165, 1.54) is 23.5 Å². The third kappa shape index (κ3) is 4.54. The molecule has 0 aliphatic carbocycles. The Morgan fingerprint density at radius 1 is 1.20 bits per heavy atom. The van der Waals surface area contributed by atoms with Crippen LogP contribution in [0.4, 0.5) is 10.2 Å². The fourth-order valence-electron chi connectivity index (χ4n) is 3.40. The number of hydrogen-bond acceptors (Lipinski definition) is 5. The van der Waals surface area contributed by atoms with Crippen molar-refractivity contribution in [3.63, 3.8) is 0 Å². The summed E-state index contributed by atoms with van der Waals surface area (Å²) in [5.41, 5.74) is 2.13. The lowest BCUT2D eigenvalue weighted by molar-refractivity contribution is -0.121. The number of carbonyl (C=O) groups is 2. The van der Waals surface area contributed by atoms with Crippen LogP contribution in [0.1, 0.15) is 28.9 Å². The molecule has 1 saturated heterocycles. The number of carbonyl (C=O) groups excluding carboxylic acids is 2. The molecule has 1 aromatic carbocycles. The number of benzene rings is 1. The van der Waals surface area contributed by atoms with Crippen molar-refractivity contribution in [3.05, 3.63) is 65.0 Å². The summed E-state index contributed by atoms with van der Waals surface area (Å²) in [6.45, 7) is 2.87. The highest BCUT2D eigenvalue weighted by atomic mass is 32.1. The molecule has 1 unspecified atom stereocenters. The molecule has 3 aromatic rings. The quantitative estimate of drug-likeness (QED) is 0.683. The summed E-state index contributed by atoms with van der Waals surface area (Å²) in [6, 6.07) is 9.68. The number of anilines is 1. The molecule has 1 aliphatic rings. The Kier molecular flexibility index (Phi) is 5.85. The first kappa shape index (κ1) is 20.2. The molecular weight excluding hydrogens is 403 g/mol. The van der Waals surface area contributed by atoms with Gasteiger partial charge in [0.1, 0.15) is 22.3 Å². The second kappa shape index (κ2) is 8.71. The molecule has 6 nitrogen and oxygen atoms in total. The van der Waals surface area contributed by atoms with Gasteiger partial charge in [0.2, 0.25) is 5.91 Å². The number of pyridine rings is 1. The normalized spacial score (nSPS) is 16.3. The number of amides is 2. The number of rotatable bonds is 4. The lowest BCUT2D eigenvalue weighted by atomic mass is 9.97. The van der Waals surface area contributed by atoms with Gasteiger partial charge in [-0.05, 0) is 55.7 Å². The number of piperidine rings is 1. The summed E-state index contributed by atoms with van der Waals surface area (Å²) in [5.74, 6) is -0.414. The Morgan fingerprint density at radius 3 is 2.73 bits per heavy atom. The number of nitrogens with one attached hydrogen (secondary N) is 1. The Labute approximate surface area is 177 Å². The first-order valence-corrected chi connectivity index (χ1v) is 10.6. The number of aromatic nitrogens is 2. The monoisotopic (exact) mass is 424 g/mol. The SMILES string of the molecule is Cc1ccc(NC(=O)C2CCCN(C(=O)c3csc(-c4ccc(F)cc4)n3)C2)nc1. The zero-order valence-corrected chi connectivity index (χ0v) is 17.3. The third-order valence-corrected chi connectivity index (χ3v) is 5.95. The maximum Gasteiger partial charge on any atom is 0.273 e. The molecule has 0 radical (unpaired) electrons. The highest BCUT2D eigenvalue weighted by molar-refractivity contribution is 7.13.